The first kappa shape index (κ1) is 14.9. The van der Waals surface area contributed by atoms with Gasteiger partial charge in [-0.3, -0.25) is 0 Å². The lowest BCUT2D eigenvalue weighted by Crippen LogP contribution is -2.45. The number of fused-ring (bicyclic) bond motifs is 1. The lowest BCUT2D eigenvalue weighted by Gasteiger charge is -2.30. The fourth-order valence-corrected chi connectivity index (χ4v) is 2.14. The van der Waals surface area contributed by atoms with E-state index in [0.29, 0.717) is 6.61 Å². The highest BCUT2D eigenvalue weighted by molar-refractivity contribution is 4.90. The first-order valence-corrected chi connectivity index (χ1v) is 6.50. The van der Waals surface area contributed by atoms with Crippen LogP contribution in [0.15, 0.2) is 0 Å². The fraction of sp³-hybridized carbons (Fsp3) is 1.00. The molecule has 102 valence electrons. The highest BCUT2D eigenvalue weighted by Crippen LogP contribution is 2.35. The van der Waals surface area contributed by atoms with E-state index in [9.17, 15) is 0 Å². The molecule has 0 N–H and O–H groups in total. The maximum absolute atomic E-state index is 5.79. The van der Waals surface area contributed by atoms with E-state index in [1.54, 1.807) is 7.11 Å². The summed E-state index contributed by atoms with van der Waals surface area (Å²) in [6.45, 7) is 9.43. The third kappa shape index (κ3) is 4.21. The van der Waals surface area contributed by atoms with Crippen molar-refractivity contribution >= 4 is 0 Å². The molecule has 2 fully saturated rings. The lowest BCUT2D eigenvalue weighted by molar-refractivity contribution is -0.158. The third-order valence-electron chi connectivity index (χ3n) is 2.65. The molecule has 2 rings (SSSR count). The second kappa shape index (κ2) is 6.69. The molecule has 0 amide bonds. The fourth-order valence-electron chi connectivity index (χ4n) is 2.14. The first-order valence-electron chi connectivity index (χ1n) is 6.50. The van der Waals surface area contributed by atoms with Gasteiger partial charge in [-0.1, -0.05) is 20.3 Å². The molecule has 4 nitrogen and oxygen atoms in total. The van der Waals surface area contributed by atoms with Gasteiger partial charge >= 0.3 is 0 Å². The summed E-state index contributed by atoms with van der Waals surface area (Å²) in [4.78, 5) is 0. The number of hydrogen-bond acceptors (Lipinski definition) is 4. The van der Waals surface area contributed by atoms with Crippen molar-refractivity contribution < 1.29 is 18.9 Å². The summed E-state index contributed by atoms with van der Waals surface area (Å²) in [7, 11) is 1.67. The second-order valence-corrected chi connectivity index (χ2v) is 5.00. The van der Waals surface area contributed by atoms with Crippen molar-refractivity contribution in [1.29, 1.82) is 0 Å². The second-order valence-electron chi connectivity index (χ2n) is 5.00. The molecule has 2 saturated heterocycles. The molecule has 0 aliphatic carbocycles. The van der Waals surface area contributed by atoms with Gasteiger partial charge in [0, 0.05) is 13.7 Å². The molecule has 0 radical (unpaired) electrons. The molecule has 3 unspecified atom stereocenters. The summed E-state index contributed by atoms with van der Waals surface area (Å²) in [5.41, 5.74) is 0. The van der Waals surface area contributed by atoms with Crippen molar-refractivity contribution in [2.45, 2.75) is 64.6 Å². The molecule has 0 spiro atoms. The Kier molecular flexibility index (Phi) is 5.86. The van der Waals surface area contributed by atoms with Crippen LogP contribution in [0.5, 0.6) is 0 Å². The van der Waals surface area contributed by atoms with Gasteiger partial charge in [0.05, 0.1) is 12.7 Å². The van der Waals surface area contributed by atoms with E-state index >= 15 is 0 Å². The average molecular weight is 246 g/mol. The molecule has 2 aliphatic heterocycles. The zero-order chi connectivity index (χ0) is 12.9. The summed E-state index contributed by atoms with van der Waals surface area (Å²) in [5, 5.41) is 0. The maximum Gasteiger partial charge on any atom is 0.163 e. The Morgan fingerprint density at radius 1 is 1.24 bits per heavy atom. The Bertz CT molecular complexity index is 215. The van der Waals surface area contributed by atoms with Gasteiger partial charge in [0.1, 0.15) is 12.2 Å². The van der Waals surface area contributed by atoms with Gasteiger partial charge < -0.3 is 18.9 Å². The highest BCUT2D eigenvalue weighted by Gasteiger charge is 2.47. The molecule has 2 heterocycles. The Hall–Kier alpha value is -0.160. The zero-order valence-corrected chi connectivity index (χ0v) is 11.7. The van der Waals surface area contributed by atoms with Gasteiger partial charge in [0.2, 0.25) is 0 Å². The van der Waals surface area contributed by atoms with Gasteiger partial charge in [-0.15, -0.1) is 0 Å². The minimum absolute atomic E-state index is 0.0144. The first-order chi connectivity index (χ1) is 8.04. The molecule has 0 bridgehead atoms. The topological polar surface area (TPSA) is 36.9 Å². The Balaban J connectivity index is 0.000000437. The van der Waals surface area contributed by atoms with Crippen molar-refractivity contribution in [2.24, 2.45) is 0 Å². The minimum atomic E-state index is -0.477. The van der Waals surface area contributed by atoms with Gasteiger partial charge in [-0.05, 0) is 20.3 Å². The summed E-state index contributed by atoms with van der Waals surface area (Å²) in [6.07, 6.45) is 2.37. The predicted molar refractivity (Wildman–Crippen MR) is 66.0 cm³/mol. The van der Waals surface area contributed by atoms with E-state index in [2.05, 4.69) is 13.8 Å². The zero-order valence-electron chi connectivity index (χ0n) is 11.7. The SMILES string of the molecule is CCC.COCC1OCCC2OC(C)(C)OC12. The number of methoxy groups -OCH3 is 1. The van der Waals surface area contributed by atoms with Crippen LogP contribution < -0.4 is 0 Å². The van der Waals surface area contributed by atoms with Crippen LogP contribution in [0.3, 0.4) is 0 Å². The Morgan fingerprint density at radius 2 is 1.88 bits per heavy atom. The van der Waals surface area contributed by atoms with Crippen molar-refractivity contribution in [1.82, 2.24) is 0 Å². The quantitative estimate of drug-likeness (QED) is 0.749. The molecule has 0 aromatic rings. The largest absolute Gasteiger partial charge is 0.382 e. The van der Waals surface area contributed by atoms with Crippen molar-refractivity contribution in [3.63, 3.8) is 0 Å². The number of ether oxygens (including phenoxy) is 4. The van der Waals surface area contributed by atoms with E-state index in [1.165, 1.54) is 6.42 Å². The molecule has 17 heavy (non-hydrogen) atoms. The van der Waals surface area contributed by atoms with E-state index < -0.39 is 5.79 Å². The molecule has 4 heteroatoms. The monoisotopic (exact) mass is 246 g/mol. The van der Waals surface area contributed by atoms with Gasteiger partial charge in [0.15, 0.2) is 5.79 Å². The van der Waals surface area contributed by atoms with Crippen LogP contribution in [0.1, 0.15) is 40.5 Å². The van der Waals surface area contributed by atoms with Gasteiger partial charge in [-0.25, -0.2) is 0 Å². The summed E-state index contributed by atoms with van der Waals surface area (Å²) >= 11 is 0. The van der Waals surface area contributed by atoms with Gasteiger partial charge in [0.25, 0.3) is 0 Å². The maximum atomic E-state index is 5.79. The van der Waals surface area contributed by atoms with Crippen molar-refractivity contribution in [3.8, 4) is 0 Å². The standard InChI is InChI=1S/C10H18O4.C3H8/c1-10(2)13-7-4-5-12-8(6-11-3)9(7)14-10;1-3-2/h7-9H,4-6H2,1-3H3;3H2,1-2H3. The minimum Gasteiger partial charge on any atom is -0.382 e. The number of rotatable bonds is 2. The molecule has 0 aromatic heterocycles. The third-order valence-corrected chi connectivity index (χ3v) is 2.65. The molecule has 0 aromatic carbocycles. The smallest absolute Gasteiger partial charge is 0.163 e. The van der Waals surface area contributed by atoms with Crippen LogP contribution in [0.4, 0.5) is 0 Å². The molecule has 3 atom stereocenters. The van der Waals surface area contributed by atoms with E-state index in [4.69, 9.17) is 18.9 Å². The Labute approximate surface area is 105 Å². The summed E-state index contributed by atoms with van der Waals surface area (Å²) in [5.74, 6) is -0.477. The van der Waals surface area contributed by atoms with Gasteiger partial charge in [-0.2, -0.15) is 0 Å². The highest BCUT2D eigenvalue weighted by atomic mass is 16.8. The average Bonchev–Trinajstić information content (AvgIpc) is 2.55. The van der Waals surface area contributed by atoms with Crippen molar-refractivity contribution in [2.75, 3.05) is 20.3 Å². The van der Waals surface area contributed by atoms with Crippen LogP contribution in [0.25, 0.3) is 0 Å². The number of hydrogen-bond donors (Lipinski definition) is 0. The van der Waals surface area contributed by atoms with E-state index in [0.717, 1.165) is 13.0 Å². The predicted octanol–water partition coefficient (Wildman–Crippen LogP) is 2.36. The molecular weight excluding hydrogens is 220 g/mol. The van der Waals surface area contributed by atoms with Crippen molar-refractivity contribution in [3.05, 3.63) is 0 Å². The normalized spacial score (nSPS) is 34.8. The van der Waals surface area contributed by atoms with Crippen LogP contribution in [0.2, 0.25) is 0 Å². The van der Waals surface area contributed by atoms with Crippen LogP contribution in [-0.4, -0.2) is 44.4 Å². The Morgan fingerprint density at radius 3 is 2.47 bits per heavy atom. The molecule has 2 aliphatic rings. The molecule has 0 saturated carbocycles. The molecular formula is C13H26O4. The summed E-state index contributed by atoms with van der Waals surface area (Å²) in [6, 6.07) is 0. The van der Waals surface area contributed by atoms with Crippen LogP contribution >= 0.6 is 0 Å². The summed E-state index contributed by atoms with van der Waals surface area (Å²) < 4.78 is 22.3. The van der Waals surface area contributed by atoms with Crippen LogP contribution in [0, 0.1) is 0 Å². The lowest BCUT2D eigenvalue weighted by atomic mass is 10.0. The van der Waals surface area contributed by atoms with E-state index in [-0.39, 0.29) is 18.3 Å². The van der Waals surface area contributed by atoms with E-state index in [1.807, 2.05) is 13.8 Å². The van der Waals surface area contributed by atoms with Crippen LogP contribution in [-0.2, 0) is 18.9 Å².